The molecule has 0 N–H and O–H groups in total. The number of hydrogen-bond acceptors (Lipinski definition) is 3. The van der Waals surface area contributed by atoms with E-state index in [1.807, 2.05) is 24.3 Å². The van der Waals surface area contributed by atoms with Gasteiger partial charge in [0.05, 0.1) is 27.7 Å². The normalized spacial score (nSPS) is 7.10. The molecule has 0 heterocycles. The minimum atomic E-state index is -1.86. The van der Waals surface area contributed by atoms with Crippen LogP contribution in [0.2, 0.25) is 0 Å². The third kappa shape index (κ3) is 66.1. The predicted molar refractivity (Wildman–Crippen MR) is 160 cm³/mol. The smallest absolute Gasteiger partial charge is 0.115 e. The number of hydrogen-bond donors (Lipinski definition) is 0. The average Bonchev–Trinajstić information content (AvgIpc) is 2.84. The van der Waals surface area contributed by atoms with Crippen LogP contribution in [0.1, 0.15) is 79.2 Å². The zero-order chi connectivity index (χ0) is 27.8. The van der Waals surface area contributed by atoms with E-state index in [0.29, 0.717) is 19.9 Å². The van der Waals surface area contributed by atoms with Crippen molar-refractivity contribution in [1.82, 2.24) is 0 Å². The molecule has 2 aromatic carbocycles. The van der Waals surface area contributed by atoms with E-state index in [4.69, 9.17) is 8.42 Å². The number of benzene rings is 2. The van der Waals surface area contributed by atoms with Crippen molar-refractivity contribution >= 4 is 10.7 Å². The summed E-state index contributed by atoms with van der Waals surface area (Å²) in [5.41, 5.74) is 3.70. The fraction of sp³-hybridized carbons (Fsp3) is 0.552. The van der Waals surface area contributed by atoms with Crippen molar-refractivity contribution in [2.45, 2.75) is 76.7 Å². The molecule has 0 saturated carbocycles. The zero-order valence-corrected chi connectivity index (χ0v) is 29.0. The summed E-state index contributed by atoms with van der Waals surface area (Å²) in [7, 11) is -0.861. The van der Waals surface area contributed by atoms with Gasteiger partial charge in [-0.2, -0.15) is 24.6 Å². The number of alkyl halides is 6. The summed E-state index contributed by atoms with van der Waals surface area (Å²) >= 11 is 0. The van der Waals surface area contributed by atoms with Crippen molar-refractivity contribution in [1.29, 1.82) is 0 Å². The maximum absolute atomic E-state index is 12.0. The first-order valence-electron chi connectivity index (χ1n) is 10.2. The minimum Gasteiger partial charge on any atom is -0.424 e. The number of halogens is 6. The van der Waals surface area contributed by atoms with Gasteiger partial charge >= 0.3 is 0 Å². The summed E-state index contributed by atoms with van der Waals surface area (Å²) in [5, 5.41) is 0. The zero-order valence-electron chi connectivity index (χ0n) is 21.8. The van der Waals surface area contributed by atoms with Crippen molar-refractivity contribution in [3.05, 3.63) is 77.7 Å². The second kappa shape index (κ2) is 59.8. The van der Waals surface area contributed by atoms with Crippen LogP contribution in [0.5, 0.6) is 0 Å². The Morgan fingerprint density at radius 3 is 1.03 bits per heavy atom. The summed E-state index contributed by atoms with van der Waals surface area (Å²) in [6, 6.07) is 14.8. The quantitative estimate of drug-likeness (QED) is 0.174. The first-order chi connectivity index (χ1) is 16.2. The molecule has 2 nitrogen and oxygen atoms in total. The van der Waals surface area contributed by atoms with Gasteiger partial charge in [-0.05, 0) is 37.0 Å². The van der Waals surface area contributed by atoms with E-state index in [0.717, 1.165) is 30.2 Å². The van der Waals surface area contributed by atoms with Crippen LogP contribution >= 0.6 is 0 Å². The minimum absolute atomic E-state index is 0. The Morgan fingerprint density at radius 1 is 0.615 bits per heavy atom. The molecule has 0 aliphatic heterocycles. The monoisotopic (exact) mass is 850 g/mol. The van der Waals surface area contributed by atoms with E-state index >= 15 is 0 Å². The summed E-state index contributed by atoms with van der Waals surface area (Å²) in [6.07, 6.45) is 3.32. The van der Waals surface area contributed by atoms with Gasteiger partial charge in [-0.1, -0.05) is 84.3 Å². The van der Waals surface area contributed by atoms with Crippen LogP contribution < -0.4 is 0 Å². The second-order valence-electron chi connectivity index (χ2n) is 5.59. The molecule has 236 valence electrons. The van der Waals surface area contributed by atoms with E-state index in [9.17, 15) is 26.3 Å². The first kappa shape index (κ1) is 65.2. The maximum atomic E-state index is 12.0. The van der Waals surface area contributed by atoms with Crippen molar-refractivity contribution in [3.8, 4) is 0 Å². The summed E-state index contributed by atoms with van der Waals surface area (Å²) in [6.45, 7) is 7.49. The molecule has 0 saturated heterocycles. The molecule has 0 aliphatic carbocycles. The molecule has 10 heteroatoms. The summed E-state index contributed by atoms with van der Waals surface area (Å²) in [4.78, 5) is 0. The van der Waals surface area contributed by atoms with Crippen LogP contribution in [-0.2, 0) is 38.9 Å². The topological polar surface area (TPSA) is 34.1 Å². The van der Waals surface area contributed by atoms with Crippen molar-refractivity contribution in [2.75, 3.05) is 34.0 Å². The second-order valence-corrected chi connectivity index (χ2v) is 6.39. The van der Waals surface area contributed by atoms with E-state index in [1.54, 1.807) is 24.3 Å². The number of rotatable bonds is 4. The Morgan fingerprint density at radius 2 is 0.821 bits per heavy atom. The fourth-order valence-corrected chi connectivity index (χ4v) is 1.71. The van der Waals surface area contributed by atoms with Crippen LogP contribution in [0.15, 0.2) is 48.5 Å². The van der Waals surface area contributed by atoms with Crippen molar-refractivity contribution < 1.29 is 34.8 Å². The van der Waals surface area contributed by atoms with Gasteiger partial charge in [0.1, 0.15) is 13.3 Å². The van der Waals surface area contributed by atoms with Gasteiger partial charge in [0, 0.05) is 0 Å². The van der Waals surface area contributed by atoms with E-state index in [1.165, 1.54) is 19.4 Å². The van der Waals surface area contributed by atoms with Gasteiger partial charge in [0.25, 0.3) is 0 Å². The standard InChI is InChI=1S/C10H13F.C8H8F.2C2H5F.2CH3F.CH3O2S.4CH4.Rf/c1-2-3-9-4-6-10(8-11)7-5-9;1-7-2-4-8(6-9)5-3-7;2*1-2-3;2*1-2;1-4(2)3;;;;;/h4-7H,2-3,8H2,1H3;2-5H,1,6H2;2*2H2,1H3;2*1H3;1H3;4*1H4;/q;-1;;;;;-1;;;;;. The molecule has 0 unspecified atom stereocenters. The predicted octanol–water partition coefficient (Wildman–Crippen LogP) is 11.0. The fourth-order valence-electron chi connectivity index (χ4n) is 1.71. The Kier molecular flexibility index (Phi) is 99.8. The Hall–Kier alpha value is -3.16. The van der Waals surface area contributed by atoms with E-state index in [-0.39, 0.29) is 56.4 Å². The van der Waals surface area contributed by atoms with Crippen LogP contribution in [0.4, 0.5) is 26.3 Å². The van der Waals surface area contributed by atoms with Crippen LogP contribution in [-0.4, -0.2) is 34.0 Å². The molecule has 39 heavy (non-hydrogen) atoms. The van der Waals surface area contributed by atoms with Gasteiger partial charge in [-0.3, -0.25) is 17.6 Å². The Labute approximate surface area is 233 Å². The van der Waals surface area contributed by atoms with Gasteiger partial charge in [-0.15, -0.1) is 12.1 Å². The van der Waals surface area contributed by atoms with Gasteiger partial charge < -0.3 is 8.42 Å². The van der Waals surface area contributed by atoms with E-state index < -0.39 is 10.7 Å². The average molecular weight is 850 g/mol. The van der Waals surface area contributed by atoms with E-state index in [2.05, 4.69) is 13.8 Å². The van der Waals surface area contributed by atoms with Gasteiger partial charge in [0.2, 0.25) is 0 Å². The van der Waals surface area contributed by atoms with Crippen LogP contribution in [0.25, 0.3) is 0 Å². The first-order valence-corrected chi connectivity index (χ1v) is 11.7. The molecule has 0 spiro atoms. The van der Waals surface area contributed by atoms with Crippen LogP contribution in [0, 0.1) is 6.92 Å². The third-order valence-electron chi connectivity index (χ3n) is 2.89. The SMILES string of the molecule is C.C.C.C.CCCc1ccc(CF)cc1.CCF.CCF.CF.CF.C[S-](=O)=O.[CH2-]c1ccc(CF)cc1.[Rf]. The molecular formula is C29H56F6O2RfS-2. The Bertz CT molecular complexity index is 662. The third-order valence-corrected chi connectivity index (χ3v) is 2.89. The molecule has 0 aliphatic rings. The van der Waals surface area contributed by atoms with Crippen LogP contribution in [0.3, 0.4) is 0 Å². The molecule has 0 radical (unpaired) electrons. The van der Waals surface area contributed by atoms with Gasteiger partial charge in [-0.25, -0.2) is 8.78 Å². The molecule has 0 atom stereocenters. The van der Waals surface area contributed by atoms with Crippen molar-refractivity contribution in [3.63, 3.8) is 0 Å². The van der Waals surface area contributed by atoms with Gasteiger partial charge in [0.15, 0.2) is 0 Å². The molecule has 0 amide bonds. The molecular weight excluding hydrogens is 793 g/mol. The maximum Gasteiger partial charge on any atom is 0.115 e. The molecule has 2 aromatic rings. The van der Waals surface area contributed by atoms with Crippen molar-refractivity contribution in [2.24, 2.45) is 0 Å². The molecule has 0 fully saturated rings. The largest absolute Gasteiger partial charge is 0.424 e. The Balaban J connectivity index is -0.0000000342. The number of aryl methyl sites for hydroxylation is 1. The molecule has 2 rings (SSSR count). The summed E-state index contributed by atoms with van der Waals surface area (Å²) < 4.78 is 81.5. The molecule has 0 bridgehead atoms. The summed E-state index contributed by atoms with van der Waals surface area (Å²) in [5.74, 6) is 0. The molecule has 0 aromatic heterocycles.